The van der Waals surface area contributed by atoms with Gasteiger partial charge in [0.25, 0.3) is 0 Å². The summed E-state index contributed by atoms with van der Waals surface area (Å²) >= 11 is 0. The molecule has 0 aliphatic heterocycles. The molecular weight excluding hydrogens is 564 g/mol. The lowest BCUT2D eigenvalue weighted by Gasteiger charge is -2.36. The van der Waals surface area contributed by atoms with E-state index < -0.39 is 0 Å². The maximum atomic E-state index is 10.8. The quantitative estimate of drug-likeness (QED) is 0.107. The zero-order valence-electron chi connectivity index (χ0n) is 27.6. The average Bonchev–Trinajstić information content (AvgIpc) is 3.83. The molecule has 2 aliphatic rings. The maximum absolute atomic E-state index is 10.8. The predicted molar refractivity (Wildman–Crippen MR) is 179 cm³/mol. The molecule has 1 aromatic carbocycles. The van der Waals surface area contributed by atoms with Gasteiger partial charge in [-0.25, -0.2) is 0 Å². The third-order valence-corrected chi connectivity index (χ3v) is 10.4. The van der Waals surface area contributed by atoms with Gasteiger partial charge in [-0.1, -0.05) is 51.5 Å². The number of phenols is 1. The second-order valence-corrected chi connectivity index (χ2v) is 13.9. The topological polar surface area (TPSA) is 111 Å². The molecule has 5 N–H and O–H groups in total. The Morgan fingerprint density at radius 3 is 2.56 bits per heavy atom. The number of aromatic nitrogens is 1. The zero-order valence-corrected chi connectivity index (χ0v) is 27.6. The van der Waals surface area contributed by atoms with E-state index in [0.29, 0.717) is 30.7 Å². The first-order valence-corrected chi connectivity index (χ1v) is 17.6. The van der Waals surface area contributed by atoms with Gasteiger partial charge in [0.2, 0.25) is 0 Å². The Hall–Kier alpha value is -2.74. The first-order valence-electron chi connectivity index (χ1n) is 17.6. The number of phenolic OH excluding ortho intramolecular Hbond substituents is 1. The molecule has 0 radical (unpaired) electrons. The van der Waals surface area contributed by atoms with E-state index in [1.807, 2.05) is 25.1 Å². The summed E-state index contributed by atoms with van der Waals surface area (Å²) in [7, 11) is 0. The molecule has 2 saturated carbocycles. The number of ether oxygens (including phenoxy) is 1. The smallest absolute Gasteiger partial charge is 0.161 e. The first kappa shape index (κ1) is 33.6. The molecule has 7 heteroatoms. The molecule has 2 heterocycles. The van der Waals surface area contributed by atoms with Crippen LogP contribution in [0.5, 0.6) is 11.5 Å². The Kier molecular flexibility index (Phi) is 12.1. The summed E-state index contributed by atoms with van der Waals surface area (Å²) in [5, 5.41) is 33.9. The standard InChI is InChI=1S/C38H56N2O5/c1-3-4-12-35-31(25-41)20-32(45-35)15-13-28-14-16-34(43)36(19-28)44-26-38(17-8-5-9-18-38)37-21-30(23-40-37)33(24-39-22-27(2)42)29-10-6-7-11-29/h14,16,19-21,23,27,29,33,39-43H,3-13,15,17-18,22,24-26H2,1-2H3. The highest BCUT2D eigenvalue weighted by molar-refractivity contribution is 5.42. The molecule has 0 saturated heterocycles. The van der Waals surface area contributed by atoms with E-state index in [9.17, 15) is 15.3 Å². The maximum Gasteiger partial charge on any atom is 0.161 e. The van der Waals surface area contributed by atoms with Crippen LogP contribution in [-0.4, -0.2) is 46.1 Å². The van der Waals surface area contributed by atoms with E-state index in [0.717, 1.165) is 74.1 Å². The van der Waals surface area contributed by atoms with Crippen LogP contribution in [0.2, 0.25) is 0 Å². The number of aliphatic hydroxyl groups excluding tert-OH is 2. The second-order valence-electron chi connectivity index (χ2n) is 13.9. The van der Waals surface area contributed by atoms with E-state index in [1.165, 1.54) is 56.2 Å². The highest BCUT2D eigenvalue weighted by atomic mass is 16.5. The molecule has 45 heavy (non-hydrogen) atoms. The normalized spacial score (nSPS) is 18.3. The number of hydrogen-bond acceptors (Lipinski definition) is 6. The number of H-pyrrole nitrogens is 1. The van der Waals surface area contributed by atoms with Crippen molar-refractivity contribution in [1.82, 2.24) is 10.3 Å². The Morgan fingerprint density at radius 2 is 1.82 bits per heavy atom. The van der Waals surface area contributed by atoms with Crippen molar-refractivity contribution in [2.75, 3.05) is 19.7 Å². The van der Waals surface area contributed by atoms with Crippen LogP contribution in [0.1, 0.15) is 124 Å². The molecule has 0 amide bonds. The summed E-state index contributed by atoms with van der Waals surface area (Å²) in [6, 6.07) is 10.1. The molecular formula is C38H56N2O5. The number of rotatable bonds is 17. The van der Waals surface area contributed by atoms with Crippen molar-refractivity contribution in [2.45, 2.75) is 128 Å². The van der Waals surface area contributed by atoms with Crippen LogP contribution in [0.15, 0.2) is 40.9 Å². The SMILES string of the molecule is CCCCc1oc(CCc2ccc(O)c(OCC3(c4cc(C(CNCC(C)O)C5CCCC5)c[nH]4)CCCCC3)c2)cc1CO. The zero-order chi connectivity index (χ0) is 31.6. The van der Waals surface area contributed by atoms with Gasteiger partial charge in [0.05, 0.1) is 19.3 Å². The molecule has 2 fully saturated rings. The van der Waals surface area contributed by atoms with E-state index in [4.69, 9.17) is 9.15 Å². The molecule has 2 aliphatic carbocycles. The number of unbranched alkanes of at least 4 members (excludes halogenated alkanes) is 1. The number of aromatic hydroxyl groups is 1. The molecule has 7 nitrogen and oxygen atoms in total. The van der Waals surface area contributed by atoms with Crippen molar-refractivity contribution in [3.63, 3.8) is 0 Å². The fourth-order valence-electron chi connectivity index (χ4n) is 7.66. The van der Waals surface area contributed by atoms with Crippen LogP contribution in [-0.2, 0) is 31.3 Å². The highest BCUT2D eigenvalue weighted by Gasteiger charge is 2.37. The third kappa shape index (κ3) is 8.75. The molecule has 248 valence electrons. The number of aromatic amines is 1. The van der Waals surface area contributed by atoms with Crippen molar-refractivity contribution in [3.05, 3.63) is 70.4 Å². The van der Waals surface area contributed by atoms with Crippen LogP contribution >= 0.6 is 0 Å². The van der Waals surface area contributed by atoms with Crippen LogP contribution in [0, 0.1) is 5.92 Å². The van der Waals surface area contributed by atoms with E-state index >= 15 is 0 Å². The Labute approximate surface area is 269 Å². The Bertz CT molecular complexity index is 1320. The van der Waals surface area contributed by atoms with Gasteiger partial charge in [-0.3, -0.25) is 0 Å². The van der Waals surface area contributed by atoms with Crippen molar-refractivity contribution in [1.29, 1.82) is 0 Å². The molecule has 0 bridgehead atoms. The van der Waals surface area contributed by atoms with Crippen LogP contribution < -0.4 is 10.1 Å². The van der Waals surface area contributed by atoms with Crippen molar-refractivity contribution in [3.8, 4) is 11.5 Å². The molecule has 2 unspecified atom stereocenters. The Morgan fingerprint density at radius 1 is 1.02 bits per heavy atom. The fourth-order valence-corrected chi connectivity index (χ4v) is 7.66. The lowest BCUT2D eigenvalue weighted by molar-refractivity contribution is 0.161. The van der Waals surface area contributed by atoms with Crippen molar-refractivity contribution >= 4 is 0 Å². The lowest BCUT2D eigenvalue weighted by atomic mass is 9.72. The molecule has 0 spiro atoms. The van der Waals surface area contributed by atoms with Gasteiger partial charge in [0.1, 0.15) is 11.5 Å². The molecule has 2 aromatic heterocycles. The second kappa shape index (κ2) is 16.2. The minimum absolute atomic E-state index is 0.00488. The number of furan rings is 1. The minimum atomic E-state index is -0.346. The molecule has 3 aromatic rings. The van der Waals surface area contributed by atoms with Gasteiger partial charge >= 0.3 is 0 Å². The summed E-state index contributed by atoms with van der Waals surface area (Å²) in [5.74, 6) is 3.61. The van der Waals surface area contributed by atoms with E-state index in [2.05, 4.69) is 29.5 Å². The molecule has 5 rings (SSSR count). The van der Waals surface area contributed by atoms with Gasteiger partial charge in [0.15, 0.2) is 11.5 Å². The summed E-state index contributed by atoms with van der Waals surface area (Å²) < 4.78 is 12.6. The van der Waals surface area contributed by atoms with Gasteiger partial charge < -0.3 is 34.8 Å². The monoisotopic (exact) mass is 620 g/mol. The number of aryl methyl sites for hydroxylation is 3. The van der Waals surface area contributed by atoms with Crippen LogP contribution in [0.4, 0.5) is 0 Å². The number of hydrogen-bond donors (Lipinski definition) is 5. The number of benzene rings is 1. The summed E-state index contributed by atoms with van der Waals surface area (Å²) in [4.78, 5) is 3.70. The summed E-state index contributed by atoms with van der Waals surface area (Å²) in [6.07, 6.45) is 17.2. The van der Waals surface area contributed by atoms with Gasteiger partial charge in [0, 0.05) is 54.7 Å². The van der Waals surface area contributed by atoms with E-state index in [-0.39, 0.29) is 23.9 Å². The van der Waals surface area contributed by atoms with Gasteiger partial charge in [-0.15, -0.1) is 0 Å². The number of nitrogens with one attached hydrogen (secondary N) is 2. The fraction of sp³-hybridized carbons (Fsp3) is 0.632. The van der Waals surface area contributed by atoms with Crippen LogP contribution in [0.25, 0.3) is 0 Å². The summed E-state index contributed by atoms with van der Waals surface area (Å²) in [5.41, 5.74) is 4.48. The predicted octanol–water partition coefficient (Wildman–Crippen LogP) is 7.46. The van der Waals surface area contributed by atoms with E-state index in [1.54, 1.807) is 6.07 Å². The van der Waals surface area contributed by atoms with Gasteiger partial charge in [-0.2, -0.15) is 0 Å². The van der Waals surface area contributed by atoms with Crippen molar-refractivity contribution < 1.29 is 24.5 Å². The van der Waals surface area contributed by atoms with Crippen LogP contribution in [0.3, 0.4) is 0 Å². The lowest BCUT2D eigenvalue weighted by Crippen LogP contribution is -2.36. The largest absolute Gasteiger partial charge is 0.504 e. The highest BCUT2D eigenvalue weighted by Crippen LogP contribution is 2.43. The minimum Gasteiger partial charge on any atom is -0.504 e. The first-order chi connectivity index (χ1) is 21.9. The third-order valence-electron chi connectivity index (χ3n) is 10.4. The number of aliphatic hydroxyl groups is 2. The Balaban J connectivity index is 1.28. The van der Waals surface area contributed by atoms with Gasteiger partial charge in [-0.05, 0) is 86.8 Å². The van der Waals surface area contributed by atoms with Crippen molar-refractivity contribution in [2.24, 2.45) is 5.92 Å². The average molecular weight is 621 g/mol. The summed E-state index contributed by atoms with van der Waals surface area (Å²) in [6.45, 7) is 6.03. The molecule has 2 atom stereocenters.